The zero-order valence-corrected chi connectivity index (χ0v) is 12.5. The van der Waals surface area contributed by atoms with Gasteiger partial charge in [0.15, 0.2) is 0 Å². The predicted molar refractivity (Wildman–Crippen MR) is 96.7 cm³/mol. The van der Waals surface area contributed by atoms with E-state index in [2.05, 4.69) is 42.5 Å². The molecule has 0 aliphatic heterocycles. The molecule has 0 aliphatic carbocycles. The Morgan fingerprint density at radius 2 is 1.39 bits per heavy atom. The normalized spacial score (nSPS) is 11.0. The van der Waals surface area contributed by atoms with Crippen LogP contribution in [0.5, 0.6) is 0 Å². The first-order chi connectivity index (χ1) is 11.2. The van der Waals surface area contributed by atoms with Crippen LogP contribution in [0, 0.1) is 0 Å². The minimum atomic E-state index is -1.45. The molecule has 2 N–H and O–H groups in total. The molecule has 0 amide bonds. The summed E-state index contributed by atoms with van der Waals surface area (Å²) in [5, 5.41) is 23.6. The second-order valence-corrected chi connectivity index (χ2v) is 5.69. The molecule has 110 valence electrons. The lowest BCUT2D eigenvalue weighted by Gasteiger charge is -2.11. The topological polar surface area (TPSA) is 40.5 Å². The van der Waals surface area contributed by atoms with Crippen molar-refractivity contribution in [3.63, 3.8) is 0 Å². The van der Waals surface area contributed by atoms with Gasteiger partial charge in [-0.1, -0.05) is 78.9 Å². The fourth-order valence-corrected chi connectivity index (χ4v) is 3.16. The Morgan fingerprint density at radius 1 is 0.609 bits per heavy atom. The van der Waals surface area contributed by atoms with Crippen LogP contribution in [0.3, 0.4) is 0 Å². The number of hydrogen-bond acceptors (Lipinski definition) is 2. The van der Waals surface area contributed by atoms with Crippen molar-refractivity contribution in [2.75, 3.05) is 0 Å². The van der Waals surface area contributed by atoms with Crippen molar-refractivity contribution in [2.24, 2.45) is 0 Å². The molecule has 4 aromatic carbocycles. The summed E-state index contributed by atoms with van der Waals surface area (Å²) in [6.45, 7) is 0. The fourth-order valence-electron chi connectivity index (χ4n) is 3.16. The summed E-state index contributed by atoms with van der Waals surface area (Å²) in [6.07, 6.45) is 0. The van der Waals surface area contributed by atoms with E-state index < -0.39 is 7.12 Å². The average molecular weight is 298 g/mol. The van der Waals surface area contributed by atoms with E-state index in [1.807, 2.05) is 30.3 Å². The molecule has 0 radical (unpaired) electrons. The first-order valence-corrected chi connectivity index (χ1v) is 7.61. The molecule has 4 rings (SSSR count). The molecule has 4 aromatic rings. The highest BCUT2D eigenvalue weighted by Gasteiger charge is 2.12. The third kappa shape index (κ3) is 2.40. The summed E-state index contributed by atoms with van der Waals surface area (Å²) >= 11 is 0. The van der Waals surface area contributed by atoms with Crippen LogP contribution in [-0.4, -0.2) is 17.2 Å². The summed E-state index contributed by atoms with van der Waals surface area (Å²) in [6, 6.07) is 26.3. The second kappa shape index (κ2) is 5.54. The van der Waals surface area contributed by atoms with E-state index in [0.717, 1.165) is 16.5 Å². The molecule has 0 spiro atoms. The second-order valence-electron chi connectivity index (χ2n) is 5.69. The van der Waals surface area contributed by atoms with Gasteiger partial charge >= 0.3 is 7.12 Å². The molecule has 3 heteroatoms. The molecule has 0 aliphatic rings. The predicted octanol–water partition coefficient (Wildman–Crippen LogP) is 3.34. The maximum absolute atomic E-state index is 9.41. The Balaban J connectivity index is 2.01. The Labute approximate surface area is 134 Å². The van der Waals surface area contributed by atoms with Crippen molar-refractivity contribution in [3.8, 4) is 11.1 Å². The van der Waals surface area contributed by atoms with Gasteiger partial charge in [-0.15, -0.1) is 0 Å². The first-order valence-electron chi connectivity index (χ1n) is 7.61. The van der Waals surface area contributed by atoms with Crippen molar-refractivity contribution in [1.29, 1.82) is 0 Å². The highest BCUT2D eigenvalue weighted by atomic mass is 16.4. The summed E-state index contributed by atoms with van der Waals surface area (Å²) in [4.78, 5) is 0. The zero-order chi connectivity index (χ0) is 15.8. The Kier molecular flexibility index (Phi) is 3.38. The minimum absolute atomic E-state index is 0.500. The Hall–Kier alpha value is -2.62. The van der Waals surface area contributed by atoms with Crippen LogP contribution in [0.15, 0.2) is 78.9 Å². The smallest absolute Gasteiger partial charge is 0.423 e. The van der Waals surface area contributed by atoms with Crippen LogP contribution in [0.2, 0.25) is 0 Å². The maximum Gasteiger partial charge on any atom is 0.488 e. The molecule has 0 saturated heterocycles. The summed E-state index contributed by atoms with van der Waals surface area (Å²) in [5.41, 5.74) is 2.58. The molecular formula is C20H15BO2. The van der Waals surface area contributed by atoms with E-state index in [1.165, 1.54) is 16.2 Å². The average Bonchev–Trinajstić information content (AvgIpc) is 2.61. The highest BCUT2D eigenvalue weighted by molar-refractivity contribution is 6.58. The lowest BCUT2D eigenvalue weighted by molar-refractivity contribution is 0.426. The highest BCUT2D eigenvalue weighted by Crippen LogP contribution is 2.32. The molecule has 2 nitrogen and oxygen atoms in total. The number of benzene rings is 4. The van der Waals surface area contributed by atoms with Crippen molar-refractivity contribution in [2.45, 2.75) is 0 Å². The maximum atomic E-state index is 9.41. The van der Waals surface area contributed by atoms with Crippen molar-refractivity contribution < 1.29 is 10.0 Å². The van der Waals surface area contributed by atoms with E-state index in [4.69, 9.17) is 0 Å². The van der Waals surface area contributed by atoms with Gasteiger partial charge in [-0.2, -0.15) is 0 Å². The van der Waals surface area contributed by atoms with Crippen molar-refractivity contribution in [1.82, 2.24) is 0 Å². The van der Waals surface area contributed by atoms with Crippen LogP contribution in [-0.2, 0) is 0 Å². The van der Waals surface area contributed by atoms with E-state index in [1.54, 1.807) is 6.07 Å². The lowest BCUT2D eigenvalue weighted by Crippen LogP contribution is -2.29. The zero-order valence-electron chi connectivity index (χ0n) is 12.5. The molecular weight excluding hydrogens is 283 g/mol. The van der Waals surface area contributed by atoms with Gasteiger partial charge in [-0.25, -0.2) is 0 Å². The fraction of sp³-hybridized carbons (Fsp3) is 0. The number of fused-ring (bicyclic) bond motifs is 3. The number of hydrogen-bond donors (Lipinski definition) is 2. The van der Waals surface area contributed by atoms with Gasteiger partial charge in [0.1, 0.15) is 0 Å². The molecule has 0 unspecified atom stereocenters. The summed E-state index contributed by atoms with van der Waals surface area (Å²) < 4.78 is 0. The van der Waals surface area contributed by atoms with Gasteiger partial charge in [0.05, 0.1) is 0 Å². The van der Waals surface area contributed by atoms with Gasteiger partial charge in [0.2, 0.25) is 0 Å². The van der Waals surface area contributed by atoms with E-state index in [0.29, 0.717) is 5.46 Å². The summed E-state index contributed by atoms with van der Waals surface area (Å²) in [7, 11) is -1.45. The van der Waals surface area contributed by atoms with Gasteiger partial charge < -0.3 is 10.0 Å². The minimum Gasteiger partial charge on any atom is -0.423 e. The first kappa shape index (κ1) is 14.0. The van der Waals surface area contributed by atoms with Gasteiger partial charge in [0.25, 0.3) is 0 Å². The van der Waals surface area contributed by atoms with E-state index >= 15 is 0 Å². The quantitative estimate of drug-likeness (QED) is 0.440. The van der Waals surface area contributed by atoms with Crippen LogP contribution >= 0.6 is 0 Å². The van der Waals surface area contributed by atoms with Gasteiger partial charge in [-0.3, -0.25) is 0 Å². The van der Waals surface area contributed by atoms with E-state index in [9.17, 15) is 10.0 Å². The SMILES string of the molecule is OB(O)c1cccc(-c2cccc3c2ccc2ccccc23)c1. The standard InChI is InChI=1S/C20H15BO2/c22-21(23)16-7-3-6-15(13-16)18-9-4-10-19-17-8-2-1-5-14(17)11-12-20(18)19/h1-13,22-23H. The molecule has 0 atom stereocenters. The van der Waals surface area contributed by atoms with Crippen molar-refractivity contribution in [3.05, 3.63) is 78.9 Å². The van der Waals surface area contributed by atoms with Crippen LogP contribution in [0.1, 0.15) is 0 Å². The molecule has 0 heterocycles. The molecule has 0 aromatic heterocycles. The Morgan fingerprint density at radius 3 is 2.26 bits per heavy atom. The Bertz CT molecular complexity index is 1010. The molecule has 0 fully saturated rings. The largest absolute Gasteiger partial charge is 0.488 e. The van der Waals surface area contributed by atoms with Crippen molar-refractivity contribution >= 4 is 34.1 Å². The van der Waals surface area contributed by atoms with Crippen LogP contribution in [0.4, 0.5) is 0 Å². The van der Waals surface area contributed by atoms with Crippen LogP contribution < -0.4 is 5.46 Å². The molecule has 0 saturated carbocycles. The van der Waals surface area contributed by atoms with E-state index in [-0.39, 0.29) is 0 Å². The van der Waals surface area contributed by atoms with Gasteiger partial charge in [0, 0.05) is 0 Å². The third-order valence-corrected chi connectivity index (χ3v) is 4.28. The third-order valence-electron chi connectivity index (χ3n) is 4.28. The molecule has 23 heavy (non-hydrogen) atoms. The van der Waals surface area contributed by atoms with Crippen LogP contribution in [0.25, 0.3) is 32.7 Å². The summed E-state index contributed by atoms with van der Waals surface area (Å²) in [5.74, 6) is 0. The lowest BCUT2D eigenvalue weighted by atomic mass is 9.79. The monoisotopic (exact) mass is 298 g/mol. The number of rotatable bonds is 2. The molecule has 0 bridgehead atoms. The van der Waals surface area contributed by atoms with Gasteiger partial charge in [-0.05, 0) is 38.1 Å².